The second kappa shape index (κ2) is 5.69. The van der Waals surface area contributed by atoms with E-state index >= 15 is 0 Å². The summed E-state index contributed by atoms with van der Waals surface area (Å²) in [5, 5.41) is 7.69. The molecule has 0 bridgehead atoms. The van der Waals surface area contributed by atoms with Crippen LogP contribution < -0.4 is 10.6 Å². The molecule has 1 aliphatic rings. The molecule has 0 saturated heterocycles. The lowest BCUT2D eigenvalue weighted by Gasteiger charge is -2.28. The maximum Gasteiger partial charge on any atom is 0.226 e. The van der Waals surface area contributed by atoms with Crippen molar-refractivity contribution in [2.75, 3.05) is 17.7 Å². The fourth-order valence-corrected chi connectivity index (χ4v) is 3.13. The zero-order valence-corrected chi connectivity index (χ0v) is 12.2. The summed E-state index contributed by atoms with van der Waals surface area (Å²) in [4.78, 5) is 12.1. The third-order valence-corrected chi connectivity index (χ3v) is 4.36. The van der Waals surface area contributed by atoms with Crippen LogP contribution in [0.5, 0.6) is 0 Å². The van der Waals surface area contributed by atoms with E-state index in [0.29, 0.717) is 12.0 Å². The monoisotopic (exact) mass is 273 g/mol. The summed E-state index contributed by atoms with van der Waals surface area (Å²) >= 11 is 0. The summed E-state index contributed by atoms with van der Waals surface area (Å²) < 4.78 is 0. The number of nitrogens with zero attached hydrogens (tertiary/aromatic N) is 2. The smallest absolute Gasteiger partial charge is 0.226 e. The first-order valence-electron chi connectivity index (χ1n) is 7.57. The summed E-state index contributed by atoms with van der Waals surface area (Å²) in [5.41, 5.74) is 0.877. The third kappa shape index (κ3) is 2.57. The second-order valence-corrected chi connectivity index (χ2v) is 5.72. The first kappa shape index (κ1) is 13.2. The van der Waals surface area contributed by atoms with E-state index in [-0.39, 0.29) is 0 Å². The van der Waals surface area contributed by atoms with Crippen molar-refractivity contribution in [3.63, 3.8) is 0 Å². The summed E-state index contributed by atoms with van der Waals surface area (Å²) in [6.07, 6.45) is 8.68. The Hall–Kier alpha value is -1.78. The summed E-state index contributed by atoms with van der Waals surface area (Å²) in [6, 6.07) is 2.48. The van der Waals surface area contributed by atoms with Gasteiger partial charge in [0, 0.05) is 19.3 Å². The molecule has 2 heterocycles. The van der Waals surface area contributed by atoms with Gasteiger partial charge in [-0.15, -0.1) is 0 Å². The minimum absolute atomic E-state index is 0.452. The molecule has 0 aliphatic heterocycles. The zero-order chi connectivity index (χ0) is 13.9. The molecule has 0 amide bonds. The topological polar surface area (TPSA) is 65.6 Å². The van der Waals surface area contributed by atoms with Crippen LogP contribution in [0.15, 0.2) is 12.3 Å². The van der Waals surface area contributed by atoms with E-state index in [0.717, 1.165) is 22.8 Å². The molecule has 0 aromatic carbocycles. The number of aromatic nitrogens is 3. The van der Waals surface area contributed by atoms with E-state index < -0.39 is 0 Å². The van der Waals surface area contributed by atoms with Crippen LogP contribution in [0.2, 0.25) is 0 Å². The number of H-pyrrole nitrogens is 1. The number of nitrogens with one attached hydrogen (secondary N) is 3. The van der Waals surface area contributed by atoms with E-state index in [9.17, 15) is 0 Å². The molecule has 5 nitrogen and oxygen atoms in total. The number of rotatable bonds is 4. The Labute approximate surface area is 119 Å². The quantitative estimate of drug-likeness (QED) is 0.799. The predicted molar refractivity (Wildman–Crippen MR) is 83.1 cm³/mol. The normalized spacial score (nSPS) is 18.1. The van der Waals surface area contributed by atoms with Crippen molar-refractivity contribution in [3.8, 4) is 0 Å². The fourth-order valence-electron chi connectivity index (χ4n) is 3.13. The largest absolute Gasteiger partial charge is 0.367 e. The lowest BCUT2D eigenvalue weighted by Crippen LogP contribution is -2.28. The van der Waals surface area contributed by atoms with Crippen LogP contribution >= 0.6 is 0 Å². The molecule has 0 radical (unpaired) electrons. The van der Waals surface area contributed by atoms with Crippen LogP contribution in [0.4, 0.5) is 11.8 Å². The average molecular weight is 273 g/mol. The lowest BCUT2D eigenvalue weighted by molar-refractivity contribution is 0.328. The lowest BCUT2D eigenvalue weighted by atomic mass is 9.84. The van der Waals surface area contributed by atoms with Gasteiger partial charge in [-0.05, 0) is 31.7 Å². The Balaban J connectivity index is 1.83. The van der Waals surface area contributed by atoms with Gasteiger partial charge in [0.05, 0.1) is 5.39 Å². The van der Waals surface area contributed by atoms with Gasteiger partial charge in [0.2, 0.25) is 5.95 Å². The van der Waals surface area contributed by atoms with Crippen molar-refractivity contribution < 1.29 is 0 Å². The van der Waals surface area contributed by atoms with Gasteiger partial charge in [-0.3, -0.25) is 0 Å². The molecular formula is C15H23N5. The van der Waals surface area contributed by atoms with Gasteiger partial charge < -0.3 is 15.6 Å². The average Bonchev–Trinajstić information content (AvgIpc) is 2.96. The number of fused-ring (bicyclic) bond motifs is 1. The highest BCUT2D eigenvalue weighted by molar-refractivity contribution is 5.88. The van der Waals surface area contributed by atoms with Crippen LogP contribution in [0, 0.1) is 5.92 Å². The highest BCUT2D eigenvalue weighted by atomic mass is 15.2. The molecule has 0 spiro atoms. The van der Waals surface area contributed by atoms with Gasteiger partial charge >= 0.3 is 0 Å². The van der Waals surface area contributed by atoms with Crippen LogP contribution in [-0.2, 0) is 0 Å². The minimum Gasteiger partial charge on any atom is -0.367 e. The molecule has 2 aromatic heterocycles. The van der Waals surface area contributed by atoms with Crippen molar-refractivity contribution in [1.82, 2.24) is 15.0 Å². The van der Waals surface area contributed by atoms with E-state index in [1.54, 1.807) is 0 Å². The molecule has 20 heavy (non-hydrogen) atoms. The summed E-state index contributed by atoms with van der Waals surface area (Å²) in [5.74, 6) is 2.34. The van der Waals surface area contributed by atoms with E-state index in [4.69, 9.17) is 0 Å². The Morgan fingerprint density at radius 2 is 2.05 bits per heavy atom. The molecule has 1 fully saturated rings. The Morgan fingerprint density at radius 1 is 1.25 bits per heavy atom. The first-order valence-corrected chi connectivity index (χ1v) is 7.57. The van der Waals surface area contributed by atoms with Crippen LogP contribution in [-0.4, -0.2) is 28.0 Å². The second-order valence-electron chi connectivity index (χ2n) is 5.72. The van der Waals surface area contributed by atoms with E-state index in [2.05, 4.69) is 32.5 Å². The maximum absolute atomic E-state index is 4.57. The van der Waals surface area contributed by atoms with E-state index in [1.807, 2.05) is 19.3 Å². The van der Waals surface area contributed by atoms with Crippen LogP contribution in [0.1, 0.15) is 39.0 Å². The van der Waals surface area contributed by atoms with Crippen molar-refractivity contribution >= 4 is 22.8 Å². The van der Waals surface area contributed by atoms with Gasteiger partial charge in [-0.2, -0.15) is 9.97 Å². The van der Waals surface area contributed by atoms with Crippen molar-refractivity contribution in [3.05, 3.63) is 12.3 Å². The summed E-state index contributed by atoms with van der Waals surface area (Å²) in [6.45, 7) is 2.27. The Bertz CT molecular complexity index is 571. The third-order valence-electron chi connectivity index (χ3n) is 4.36. The van der Waals surface area contributed by atoms with Gasteiger partial charge in [0.25, 0.3) is 0 Å². The molecule has 108 valence electrons. The van der Waals surface area contributed by atoms with Crippen molar-refractivity contribution in [2.24, 2.45) is 5.92 Å². The molecule has 3 rings (SSSR count). The molecule has 2 aromatic rings. The Kier molecular flexibility index (Phi) is 3.76. The highest BCUT2D eigenvalue weighted by Gasteiger charge is 2.21. The predicted octanol–water partition coefficient (Wildman–Crippen LogP) is 3.38. The molecule has 1 aliphatic carbocycles. The standard InChI is InChI=1S/C15H23N5/c1-10(11-6-4-3-5-7-11)18-14-12-8-9-17-13(12)19-15(16-2)20-14/h8-11H,3-7H2,1-2H3,(H3,16,17,18,19,20)/t10-/m1/s1. The highest BCUT2D eigenvalue weighted by Crippen LogP contribution is 2.29. The zero-order valence-electron chi connectivity index (χ0n) is 12.2. The fraction of sp³-hybridized carbons (Fsp3) is 0.600. The van der Waals surface area contributed by atoms with Crippen LogP contribution in [0.3, 0.4) is 0 Å². The van der Waals surface area contributed by atoms with Crippen molar-refractivity contribution in [1.29, 1.82) is 0 Å². The van der Waals surface area contributed by atoms with Crippen molar-refractivity contribution in [2.45, 2.75) is 45.1 Å². The number of aromatic amines is 1. The SMILES string of the molecule is CNc1nc(N[C@H](C)C2CCCCC2)c2cc[nH]c2n1. The molecular weight excluding hydrogens is 250 g/mol. The molecule has 1 saturated carbocycles. The van der Waals surface area contributed by atoms with Gasteiger partial charge in [-0.1, -0.05) is 19.3 Å². The summed E-state index contributed by atoms with van der Waals surface area (Å²) in [7, 11) is 1.85. The molecule has 1 atom stereocenters. The number of anilines is 2. The number of hydrogen-bond donors (Lipinski definition) is 3. The van der Waals surface area contributed by atoms with Gasteiger partial charge in [0.1, 0.15) is 11.5 Å². The maximum atomic E-state index is 4.57. The van der Waals surface area contributed by atoms with Crippen LogP contribution in [0.25, 0.3) is 11.0 Å². The molecule has 5 heteroatoms. The van der Waals surface area contributed by atoms with E-state index in [1.165, 1.54) is 32.1 Å². The minimum atomic E-state index is 0.452. The molecule has 3 N–H and O–H groups in total. The Morgan fingerprint density at radius 3 is 2.80 bits per heavy atom. The number of hydrogen-bond acceptors (Lipinski definition) is 4. The first-order chi connectivity index (χ1) is 9.78. The molecule has 0 unspecified atom stereocenters. The van der Waals surface area contributed by atoms with Gasteiger partial charge in [0.15, 0.2) is 0 Å². The van der Waals surface area contributed by atoms with Gasteiger partial charge in [-0.25, -0.2) is 0 Å².